The summed E-state index contributed by atoms with van der Waals surface area (Å²) in [5, 5.41) is 18.3. The third-order valence-corrected chi connectivity index (χ3v) is 8.57. The van der Waals surface area contributed by atoms with E-state index in [4.69, 9.17) is 10.1 Å². The molecule has 6 rings (SSSR count). The maximum absolute atomic E-state index is 11.3. The number of rotatable bonds is 5. The van der Waals surface area contributed by atoms with Gasteiger partial charge in [0.25, 0.3) is 5.69 Å². The molecule has 2 saturated carbocycles. The molecule has 1 aromatic heterocycles. The Kier molecular flexibility index (Phi) is 5.61. The van der Waals surface area contributed by atoms with Gasteiger partial charge in [0.1, 0.15) is 0 Å². The fourth-order valence-corrected chi connectivity index (χ4v) is 6.42. The maximum Gasteiger partial charge on any atom is 0.270 e. The first-order valence-electron chi connectivity index (χ1n) is 11.7. The lowest BCUT2D eigenvalue weighted by molar-refractivity contribution is -0.384. The van der Waals surface area contributed by atoms with Crippen molar-refractivity contribution in [1.29, 1.82) is 0 Å². The molecular weight excluding hydrogens is 420 g/mol. The molecule has 1 aromatic carbocycles. The lowest BCUT2D eigenvalue weighted by atomic mass is 9.49. The number of hydrogen-bond donors (Lipinski definition) is 0. The molecule has 0 saturated heterocycles. The lowest BCUT2D eigenvalue weighted by Crippen LogP contribution is -2.48. The number of nitro groups is 1. The molecule has 1 heterocycles. The highest BCUT2D eigenvalue weighted by Gasteiger charge is 2.50. The van der Waals surface area contributed by atoms with Gasteiger partial charge >= 0.3 is 0 Å². The van der Waals surface area contributed by atoms with E-state index in [1.807, 2.05) is 22.3 Å². The van der Waals surface area contributed by atoms with Crippen LogP contribution < -0.4 is 4.80 Å². The van der Waals surface area contributed by atoms with E-state index >= 15 is 0 Å². The quantitative estimate of drug-likeness (QED) is 0.310. The number of nitro benzene ring substituents is 1. The molecule has 0 amide bonds. The van der Waals surface area contributed by atoms with Gasteiger partial charge in [-0.15, -0.1) is 11.3 Å². The summed E-state index contributed by atoms with van der Waals surface area (Å²) in [6.45, 7) is 4.73. The van der Waals surface area contributed by atoms with Crippen molar-refractivity contribution in [1.82, 2.24) is 4.68 Å². The second kappa shape index (κ2) is 8.43. The number of fused-ring (bicyclic) bond motifs is 1. The molecule has 2 atom stereocenters. The van der Waals surface area contributed by atoms with Gasteiger partial charge in [0.2, 0.25) is 4.80 Å². The van der Waals surface area contributed by atoms with Crippen LogP contribution in [0.25, 0.3) is 11.3 Å². The van der Waals surface area contributed by atoms with Gasteiger partial charge in [0, 0.05) is 23.1 Å². The Bertz CT molecular complexity index is 1150. The molecule has 4 aliphatic rings. The Hall–Kier alpha value is -2.54. The molecule has 2 bridgehead atoms. The fraction of sp³-hybridized carbons (Fsp3) is 0.520. The largest absolute Gasteiger partial charge is 0.270 e. The van der Waals surface area contributed by atoms with Gasteiger partial charge in [0.05, 0.1) is 22.9 Å². The van der Waals surface area contributed by atoms with Crippen LogP contribution in [0.5, 0.6) is 0 Å². The molecule has 2 fully saturated rings. The van der Waals surface area contributed by atoms with Gasteiger partial charge in [-0.3, -0.25) is 15.1 Å². The van der Waals surface area contributed by atoms with Gasteiger partial charge in [-0.1, -0.05) is 51.3 Å². The Balaban J connectivity index is 1.55. The summed E-state index contributed by atoms with van der Waals surface area (Å²) in [5.41, 5.74) is 3.39. The van der Waals surface area contributed by atoms with Crippen LogP contribution >= 0.6 is 11.3 Å². The van der Waals surface area contributed by atoms with Crippen molar-refractivity contribution >= 4 is 23.2 Å². The summed E-state index contributed by atoms with van der Waals surface area (Å²) >= 11 is 1.57. The lowest BCUT2D eigenvalue weighted by Gasteiger charge is -2.55. The number of non-ortho nitro benzene ring substituents is 1. The zero-order valence-electron chi connectivity index (χ0n) is 18.7. The average Bonchev–Trinajstić information content (AvgIpc) is 3.20. The Morgan fingerprint density at radius 1 is 1.25 bits per heavy atom. The molecule has 0 aliphatic heterocycles. The SMILES string of the molecule is CC1(C)C2CC=C(C=Nn3c(-c4cccc([N+](=O)[O-])c4)csc3=NC3CCCCC3)C1C2. The van der Waals surface area contributed by atoms with Crippen molar-refractivity contribution in [2.75, 3.05) is 0 Å². The average molecular weight is 451 g/mol. The van der Waals surface area contributed by atoms with Crippen molar-refractivity contribution in [2.24, 2.45) is 27.3 Å². The summed E-state index contributed by atoms with van der Waals surface area (Å²) in [7, 11) is 0. The number of hydrogen-bond acceptors (Lipinski definition) is 5. The van der Waals surface area contributed by atoms with Crippen LogP contribution in [0.3, 0.4) is 0 Å². The van der Waals surface area contributed by atoms with Gasteiger partial charge in [-0.25, -0.2) is 4.68 Å². The second-order valence-corrected chi connectivity index (χ2v) is 10.8. The van der Waals surface area contributed by atoms with Crippen molar-refractivity contribution in [3.8, 4) is 11.3 Å². The molecule has 4 aliphatic carbocycles. The first-order chi connectivity index (χ1) is 15.4. The highest BCUT2D eigenvalue weighted by atomic mass is 32.1. The maximum atomic E-state index is 11.3. The normalized spacial score (nSPS) is 25.6. The highest BCUT2D eigenvalue weighted by Crippen LogP contribution is 2.58. The predicted molar refractivity (Wildman–Crippen MR) is 129 cm³/mol. The van der Waals surface area contributed by atoms with E-state index in [0.717, 1.165) is 41.2 Å². The number of thiazole rings is 1. The molecule has 7 heteroatoms. The molecule has 0 radical (unpaired) electrons. The van der Waals surface area contributed by atoms with E-state index in [9.17, 15) is 10.1 Å². The monoisotopic (exact) mass is 450 g/mol. The topological polar surface area (TPSA) is 72.8 Å². The highest BCUT2D eigenvalue weighted by molar-refractivity contribution is 7.07. The first-order valence-corrected chi connectivity index (χ1v) is 12.5. The third kappa shape index (κ3) is 3.87. The van der Waals surface area contributed by atoms with Crippen molar-refractivity contribution in [3.63, 3.8) is 0 Å². The van der Waals surface area contributed by atoms with Gasteiger partial charge in [-0.05, 0) is 48.5 Å². The number of allylic oxidation sites excluding steroid dienone is 2. The molecule has 0 spiro atoms. The van der Waals surface area contributed by atoms with Crippen LogP contribution in [0.1, 0.15) is 58.8 Å². The molecule has 0 N–H and O–H groups in total. The van der Waals surface area contributed by atoms with Crippen molar-refractivity contribution in [2.45, 2.75) is 64.8 Å². The second-order valence-electron chi connectivity index (χ2n) is 9.93. The molecule has 168 valence electrons. The van der Waals surface area contributed by atoms with Crippen LogP contribution in [-0.4, -0.2) is 21.9 Å². The molecular formula is C25H30N4O2S. The minimum absolute atomic E-state index is 0.0900. The summed E-state index contributed by atoms with van der Waals surface area (Å²) in [4.78, 5) is 16.9. The molecule has 2 unspecified atom stereocenters. The van der Waals surface area contributed by atoms with E-state index in [2.05, 4.69) is 19.9 Å². The van der Waals surface area contributed by atoms with E-state index in [1.54, 1.807) is 23.5 Å². The molecule has 6 nitrogen and oxygen atoms in total. The van der Waals surface area contributed by atoms with Crippen LogP contribution in [0.2, 0.25) is 0 Å². The molecule has 32 heavy (non-hydrogen) atoms. The first kappa shape index (κ1) is 21.3. The van der Waals surface area contributed by atoms with Crippen molar-refractivity contribution < 1.29 is 4.92 Å². The summed E-state index contributed by atoms with van der Waals surface area (Å²) in [5.74, 6) is 1.35. The summed E-state index contributed by atoms with van der Waals surface area (Å²) in [6.07, 6.45) is 12.7. The predicted octanol–water partition coefficient (Wildman–Crippen LogP) is 6.18. The van der Waals surface area contributed by atoms with Crippen LogP contribution in [-0.2, 0) is 0 Å². The summed E-state index contributed by atoms with van der Waals surface area (Å²) in [6, 6.07) is 7.13. The third-order valence-electron chi connectivity index (χ3n) is 7.74. The Morgan fingerprint density at radius 3 is 2.78 bits per heavy atom. The fourth-order valence-electron chi connectivity index (χ4n) is 5.51. The van der Waals surface area contributed by atoms with Crippen LogP contribution in [0, 0.1) is 27.4 Å². The van der Waals surface area contributed by atoms with Gasteiger partial charge < -0.3 is 0 Å². The van der Waals surface area contributed by atoms with E-state index < -0.39 is 0 Å². The number of benzene rings is 1. The Morgan fingerprint density at radius 2 is 2.06 bits per heavy atom. The number of aromatic nitrogens is 1. The van der Waals surface area contributed by atoms with Gasteiger partial charge in [0.15, 0.2) is 0 Å². The van der Waals surface area contributed by atoms with E-state index in [-0.39, 0.29) is 10.6 Å². The van der Waals surface area contributed by atoms with Crippen LogP contribution in [0.15, 0.2) is 51.4 Å². The minimum Gasteiger partial charge on any atom is -0.258 e. The standard InChI is InChI=1S/C25H30N4O2S/c1-25(2)19-12-11-18(22(25)14-19)15-26-28-23(17-7-6-10-21(13-17)29(30)31)16-32-24(28)27-20-8-4-3-5-9-20/h6-7,10-11,13,15-16,19-20,22H,3-5,8-9,12,14H2,1-2H3. The Labute approximate surface area is 192 Å². The molecule has 2 aromatic rings. The zero-order chi connectivity index (χ0) is 22.3. The smallest absolute Gasteiger partial charge is 0.258 e. The van der Waals surface area contributed by atoms with E-state index in [0.29, 0.717) is 17.4 Å². The van der Waals surface area contributed by atoms with E-state index in [1.165, 1.54) is 37.3 Å². The van der Waals surface area contributed by atoms with Crippen molar-refractivity contribution in [3.05, 3.63) is 56.2 Å². The minimum atomic E-state index is -0.348. The summed E-state index contributed by atoms with van der Waals surface area (Å²) < 4.78 is 1.90. The van der Waals surface area contributed by atoms with Gasteiger partial charge in [-0.2, -0.15) is 5.10 Å². The zero-order valence-corrected chi connectivity index (χ0v) is 19.6. The number of nitrogens with zero attached hydrogens (tertiary/aromatic N) is 4. The van der Waals surface area contributed by atoms with Crippen LogP contribution in [0.4, 0.5) is 5.69 Å².